The molecule has 2 heterocycles. The van der Waals surface area contributed by atoms with Crippen molar-refractivity contribution in [1.29, 1.82) is 0 Å². The number of hydrogen-bond acceptors (Lipinski definition) is 4. The Labute approximate surface area is 129 Å². The number of alkyl halides is 3. The monoisotopic (exact) mass is 323 g/mol. The first-order valence-electron chi connectivity index (χ1n) is 6.66. The summed E-state index contributed by atoms with van der Waals surface area (Å²) < 4.78 is 47.4. The number of hydrogen-bond donors (Lipinski definition) is 0. The van der Waals surface area contributed by atoms with Gasteiger partial charge in [0.1, 0.15) is 23.8 Å². The third-order valence-corrected chi connectivity index (χ3v) is 3.16. The number of fused-ring (bicyclic) bond motifs is 1. The number of aryl methyl sites for hydroxylation is 1. The van der Waals surface area contributed by atoms with Crippen molar-refractivity contribution in [1.82, 2.24) is 14.8 Å². The van der Waals surface area contributed by atoms with Gasteiger partial charge < -0.3 is 9.47 Å². The molecule has 3 rings (SSSR count). The summed E-state index contributed by atoms with van der Waals surface area (Å²) in [6, 6.07) is 7.05. The molecule has 0 spiro atoms. The SMILES string of the molecule is Cn1nc(COc2ccc(OC(F)(F)F)cc2)c2cnccc21. The van der Waals surface area contributed by atoms with E-state index >= 15 is 0 Å². The number of aromatic nitrogens is 3. The van der Waals surface area contributed by atoms with E-state index in [9.17, 15) is 13.2 Å². The van der Waals surface area contributed by atoms with Gasteiger partial charge in [-0.3, -0.25) is 9.67 Å². The topological polar surface area (TPSA) is 49.2 Å². The molecule has 0 aliphatic heterocycles. The highest BCUT2D eigenvalue weighted by atomic mass is 19.4. The molecule has 0 saturated carbocycles. The lowest BCUT2D eigenvalue weighted by Crippen LogP contribution is -2.16. The molecule has 0 N–H and O–H groups in total. The average Bonchev–Trinajstić information content (AvgIpc) is 2.82. The highest BCUT2D eigenvalue weighted by Gasteiger charge is 2.30. The molecule has 120 valence electrons. The summed E-state index contributed by atoms with van der Waals surface area (Å²) in [6.07, 6.45) is -1.34. The molecule has 0 amide bonds. The Kier molecular flexibility index (Phi) is 3.81. The van der Waals surface area contributed by atoms with E-state index in [2.05, 4.69) is 14.8 Å². The number of rotatable bonds is 4. The van der Waals surface area contributed by atoms with Crippen LogP contribution in [0.5, 0.6) is 11.5 Å². The van der Waals surface area contributed by atoms with Crippen molar-refractivity contribution >= 4 is 10.9 Å². The number of ether oxygens (including phenoxy) is 2. The summed E-state index contributed by atoms with van der Waals surface area (Å²) in [7, 11) is 1.81. The minimum absolute atomic E-state index is 0.183. The smallest absolute Gasteiger partial charge is 0.487 e. The molecule has 0 saturated heterocycles. The maximum Gasteiger partial charge on any atom is 0.573 e. The predicted octanol–water partition coefficient (Wildman–Crippen LogP) is 3.45. The molecule has 2 aromatic heterocycles. The number of nitrogens with zero attached hydrogens (tertiary/aromatic N) is 3. The quantitative estimate of drug-likeness (QED) is 0.738. The molecular formula is C15H12F3N3O2. The Morgan fingerprint density at radius 1 is 1.09 bits per heavy atom. The average molecular weight is 323 g/mol. The molecule has 8 heteroatoms. The summed E-state index contributed by atoms with van der Waals surface area (Å²) in [5.41, 5.74) is 1.62. The minimum atomic E-state index is -4.71. The fourth-order valence-corrected chi connectivity index (χ4v) is 2.18. The highest BCUT2D eigenvalue weighted by molar-refractivity contribution is 5.80. The van der Waals surface area contributed by atoms with Crippen LogP contribution in [0.15, 0.2) is 42.7 Å². The predicted molar refractivity (Wildman–Crippen MR) is 76.0 cm³/mol. The first kappa shape index (κ1) is 15.1. The van der Waals surface area contributed by atoms with Crippen LogP contribution in [-0.4, -0.2) is 21.1 Å². The Bertz CT molecular complexity index is 813. The summed E-state index contributed by atoms with van der Waals surface area (Å²) in [6.45, 7) is 0.183. The van der Waals surface area contributed by atoms with Gasteiger partial charge in [0.15, 0.2) is 0 Å². The summed E-state index contributed by atoms with van der Waals surface area (Å²) in [5.74, 6) is 0.125. The van der Waals surface area contributed by atoms with Gasteiger partial charge in [0.2, 0.25) is 0 Å². The van der Waals surface area contributed by atoms with Crippen LogP contribution in [0.25, 0.3) is 10.9 Å². The van der Waals surface area contributed by atoms with Crippen LogP contribution >= 0.6 is 0 Å². The largest absolute Gasteiger partial charge is 0.573 e. The normalized spacial score (nSPS) is 11.7. The van der Waals surface area contributed by atoms with Crippen LogP contribution in [0.2, 0.25) is 0 Å². The standard InChI is InChI=1S/C15H12F3N3O2/c1-21-14-6-7-19-8-12(14)13(20-21)9-22-10-2-4-11(5-3-10)23-15(16,17)18/h2-8H,9H2,1H3. The van der Waals surface area contributed by atoms with Crippen molar-refractivity contribution in [2.45, 2.75) is 13.0 Å². The molecule has 5 nitrogen and oxygen atoms in total. The van der Waals surface area contributed by atoms with Crippen molar-refractivity contribution in [3.05, 3.63) is 48.4 Å². The first-order valence-corrected chi connectivity index (χ1v) is 6.66. The van der Waals surface area contributed by atoms with Gasteiger partial charge in [0, 0.05) is 24.8 Å². The van der Waals surface area contributed by atoms with Gasteiger partial charge in [-0.2, -0.15) is 5.10 Å². The second-order valence-corrected chi connectivity index (χ2v) is 4.77. The van der Waals surface area contributed by atoms with E-state index in [0.717, 1.165) is 10.9 Å². The molecular weight excluding hydrogens is 311 g/mol. The van der Waals surface area contributed by atoms with Crippen LogP contribution in [0.1, 0.15) is 5.69 Å². The van der Waals surface area contributed by atoms with E-state index in [1.54, 1.807) is 17.1 Å². The molecule has 0 aliphatic rings. The maximum absolute atomic E-state index is 12.1. The molecule has 0 fully saturated rings. The van der Waals surface area contributed by atoms with Crippen LogP contribution < -0.4 is 9.47 Å². The molecule has 0 atom stereocenters. The van der Waals surface area contributed by atoms with E-state index in [-0.39, 0.29) is 12.4 Å². The van der Waals surface area contributed by atoms with Crippen molar-refractivity contribution in [3.63, 3.8) is 0 Å². The zero-order valence-corrected chi connectivity index (χ0v) is 12.0. The van der Waals surface area contributed by atoms with Crippen LogP contribution in [0.4, 0.5) is 13.2 Å². The fraction of sp³-hybridized carbons (Fsp3) is 0.200. The Hall–Kier alpha value is -2.77. The van der Waals surface area contributed by atoms with Crippen molar-refractivity contribution in [2.24, 2.45) is 7.05 Å². The number of halogens is 3. The zero-order chi connectivity index (χ0) is 16.4. The van der Waals surface area contributed by atoms with Gasteiger partial charge in [-0.25, -0.2) is 0 Å². The van der Waals surface area contributed by atoms with E-state index < -0.39 is 6.36 Å². The van der Waals surface area contributed by atoms with Gasteiger partial charge in [0.25, 0.3) is 0 Å². The van der Waals surface area contributed by atoms with E-state index in [1.807, 2.05) is 13.1 Å². The van der Waals surface area contributed by atoms with E-state index in [4.69, 9.17) is 4.74 Å². The lowest BCUT2D eigenvalue weighted by molar-refractivity contribution is -0.274. The van der Waals surface area contributed by atoms with E-state index in [1.165, 1.54) is 24.3 Å². The molecule has 0 bridgehead atoms. The van der Waals surface area contributed by atoms with Gasteiger partial charge in [0.05, 0.1) is 5.52 Å². The highest BCUT2D eigenvalue weighted by Crippen LogP contribution is 2.25. The lowest BCUT2D eigenvalue weighted by Gasteiger charge is -2.09. The third kappa shape index (κ3) is 3.53. The minimum Gasteiger partial charge on any atom is -0.487 e. The van der Waals surface area contributed by atoms with Gasteiger partial charge in [-0.15, -0.1) is 13.2 Å². The molecule has 0 unspecified atom stereocenters. The maximum atomic E-state index is 12.1. The zero-order valence-electron chi connectivity index (χ0n) is 12.0. The Balaban J connectivity index is 1.70. The van der Waals surface area contributed by atoms with Crippen LogP contribution in [0.3, 0.4) is 0 Å². The van der Waals surface area contributed by atoms with Crippen molar-refractivity contribution < 1.29 is 22.6 Å². The second kappa shape index (κ2) is 5.79. The van der Waals surface area contributed by atoms with Crippen molar-refractivity contribution in [3.8, 4) is 11.5 Å². The molecule has 23 heavy (non-hydrogen) atoms. The number of pyridine rings is 1. The van der Waals surface area contributed by atoms with Crippen LogP contribution in [0, 0.1) is 0 Å². The van der Waals surface area contributed by atoms with E-state index in [0.29, 0.717) is 11.4 Å². The summed E-state index contributed by atoms with van der Waals surface area (Å²) >= 11 is 0. The molecule has 3 aromatic rings. The number of benzene rings is 1. The van der Waals surface area contributed by atoms with Gasteiger partial charge >= 0.3 is 6.36 Å². The van der Waals surface area contributed by atoms with Crippen LogP contribution in [-0.2, 0) is 13.7 Å². The van der Waals surface area contributed by atoms with Gasteiger partial charge in [-0.1, -0.05) is 0 Å². The van der Waals surface area contributed by atoms with Gasteiger partial charge in [-0.05, 0) is 30.3 Å². The Morgan fingerprint density at radius 3 is 2.48 bits per heavy atom. The molecule has 1 aromatic carbocycles. The summed E-state index contributed by atoms with van der Waals surface area (Å²) in [4.78, 5) is 4.06. The first-order chi connectivity index (χ1) is 10.9. The summed E-state index contributed by atoms with van der Waals surface area (Å²) in [5, 5.41) is 5.22. The van der Waals surface area contributed by atoms with Crippen molar-refractivity contribution in [2.75, 3.05) is 0 Å². The third-order valence-electron chi connectivity index (χ3n) is 3.16. The Morgan fingerprint density at radius 2 is 1.78 bits per heavy atom. The molecule has 0 radical (unpaired) electrons. The second-order valence-electron chi connectivity index (χ2n) is 4.77. The fourth-order valence-electron chi connectivity index (χ4n) is 2.18. The molecule has 0 aliphatic carbocycles. The lowest BCUT2D eigenvalue weighted by atomic mass is 10.2.